The van der Waals surface area contributed by atoms with Crippen molar-refractivity contribution in [1.82, 2.24) is 9.78 Å². The van der Waals surface area contributed by atoms with Crippen molar-refractivity contribution >= 4 is 10.9 Å². The van der Waals surface area contributed by atoms with E-state index >= 15 is 0 Å². The van der Waals surface area contributed by atoms with E-state index < -0.39 is 6.10 Å². The molecule has 0 aliphatic rings. The number of aryl methyl sites for hydroxylation is 3. The summed E-state index contributed by atoms with van der Waals surface area (Å²) in [7, 11) is 1.91. The van der Waals surface area contributed by atoms with E-state index in [0.29, 0.717) is 6.42 Å². The first kappa shape index (κ1) is 13.8. The van der Waals surface area contributed by atoms with Crippen molar-refractivity contribution in [3.63, 3.8) is 0 Å². The third kappa shape index (κ3) is 2.45. The van der Waals surface area contributed by atoms with Gasteiger partial charge in [-0.05, 0) is 36.6 Å². The molecule has 3 heteroatoms. The predicted octanol–water partition coefficient (Wildman–Crippen LogP) is 3.47. The van der Waals surface area contributed by atoms with Crippen LogP contribution in [0.3, 0.4) is 0 Å². The Bertz CT molecular complexity index is 769. The quantitative estimate of drug-likeness (QED) is 0.797. The molecule has 0 aliphatic heterocycles. The Kier molecular flexibility index (Phi) is 3.52. The van der Waals surface area contributed by atoms with Crippen molar-refractivity contribution in [3.05, 3.63) is 64.8 Å². The van der Waals surface area contributed by atoms with Crippen LogP contribution in [0.15, 0.2) is 42.5 Å². The molecule has 3 aromatic rings. The van der Waals surface area contributed by atoms with Gasteiger partial charge in [0.1, 0.15) is 6.10 Å². The van der Waals surface area contributed by atoms with Gasteiger partial charge in [-0.25, -0.2) is 0 Å². The molecule has 0 saturated heterocycles. The summed E-state index contributed by atoms with van der Waals surface area (Å²) < 4.78 is 1.83. The standard InChI is InChI=1S/C18H20N2O/c1-12-7-6-8-13(2)15(12)11-17(21)18-14-9-4-5-10-16(14)20(3)19-18/h4-10,17,21H,11H2,1-3H3. The molecule has 3 rings (SSSR count). The predicted molar refractivity (Wildman–Crippen MR) is 85.3 cm³/mol. The molecule has 3 nitrogen and oxygen atoms in total. The second-order valence-electron chi connectivity index (χ2n) is 5.62. The average molecular weight is 280 g/mol. The van der Waals surface area contributed by atoms with Crippen molar-refractivity contribution in [1.29, 1.82) is 0 Å². The zero-order valence-electron chi connectivity index (χ0n) is 12.7. The van der Waals surface area contributed by atoms with Gasteiger partial charge < -0.3 is 5.11 Å². The molecule has 1 aromatic heterocycles. The van der Waals surface area contributed by atoms with Gasteiger partial charge in [-0.3, -0.25) is 4.68 Å². The van der Waals surface area contributed by atoms with E-state index in [1.165, 1.54) is 16.7 Å². The largest absolute Gasteiger partial charge is 0.386 e. The summed E-state index contributed by atoms with van der Waals surface area (Å²) >= 11 is 0. The van der Waals surface area contributed by atoms with E-state index in [9.17, 15) is 5.11 Å². The van der Waals surface area contributed by atoms with E-state index in [0.717, 1.165) is 16.6 Å². The summed E-state index contributed by atoms with van der Waals surface area (Å²) in [4.78, 5) is 0. The van der Waals surface area contributed by atoms with Crippen LogP contribution < -0.4 is 0 Å². The SMILES string of the molecule is Cc1cccc(C)c1CC(O)c1nn(C)c2ccccc12. The Balaban J connectivity index is 2.00. The third-order valence-electron chi connectivity index (χ3n) is 4.14. The average Bonchev–Trinajstić information content (AvgIpc) is 2.81. The Morgan fingerprint density at radius 1 is 1.05 bits per heavy atom. The summed E-state index contributed by atoms with van der Waals surface area (Å²) in [5, 5.41) is 16.2. The van der Waals surface area contributed by atoms with E-state index in [4.69, 9.17) is 0 Å². The Hall–Kier alpha value is -2.13. The fourth-order valence-corrected chi connectivity index (χ4v) is 2.95. The highest BCUT2D eigenvalue weighted by Gasteiger charge is 2.18. The molecule has 21 heavy (non-hydrogen) atoms. The van der Waals surface area contributed by atoms with Crippen LogP contribution in [0.5, 0.6) is 0 Å². The second kappa shape index (κ2) is 5.34. The van der Waals surface area contributed by atoms with Crippen molar-refractivity contribution in [3.8, 4) is 0 Å². The van der Waals surface area contributed by atoms with Crippen LogP contribution in [0.4, 0.5) is 0 Å². The third-order valence-corrected chi connectivity index (χ3v) is 4.14. The maximum absolute atomic E-state index is 10.7. The molecule has 0 saturated carbocycles. The van der Waals surface area contributed by atoms with Crippen LogP contribution in [0.2, 0.25) is 0 Å². The highest BCUT2D eigenvalue weighted by molar-refractivity contribution is 5.82. The summed E-state index contributed by atoms with van der Waals surface area (Å²) in [5.74, 6) is 0. The number of benzene rings is 2. The summed E-state index contributed by atoms with van der Waals surface area (Å²) in [6.45, 7) is 4.18. The number of rotatable bonds is 3. The van der Waals surface area contributed by atoms with Gasteiger partial charge in [0, 0.05) is 18.9 Å². The van der Waals surface area contributed by atoms with Crippen LogP contribution in [-0.2, 0) is 13.5 Å². The van der Waals surface area contributed by atoms with E-state index in [1.807, 2.05) is 36.0 Å². The number of nitrogens with zero attached hydrogens (tertiary/aromatic N) is 2. The molecule has 2 aromatic carbocycles. The lowest BCUT2D eigenvalue weighted by Gasteiger charge is -2.13. The van der Waals surface area contributed by atoms with Crippen molar-refractivity contribution in [2.75, 3.05) is 0 Å². The van der Waals surface area contributed by atoms with Gasteiger partial charge in [-0.1, -0.05) is 36.4 Å². The van der Waals surface area contributed by atoms with Crippen LogP contribution in [0, 0.1) is 13.8 Å². The smallest absolute Gasteiger partial charge is 0.102 e. The van der Waals surface area contributed by atoms with Crippen molar-refractivity contribution in [2.24, 2.45) is 7.05 Å². The molecular formula is C18H20N2O. The minimum Gasteiger partial charge on any atom is -0.386 e. The molecule has 1 N–H and O–H groups in total. The van der Waals surface area contributed by atoms with Crippen molar-refractivity contribution in [2.45, 2.75) is 26.4 Å². The first-order valence-electron chi connectivity index (χ1n) is 7.22. The summed E-state index contributed by atoms with van der Waals surface area (Å²) in [6.07, 6.45) is 0.00961. The maximum Gasteiger partial charge on any atom is 0.102 e. The second-order valence-corrected chi connectivity index (χ2v) is 5.62. The van der Waals surface area contributed by atoms with Gasteiger partial charge >= 0.3 is 0 Å². The number of fused-ring (bicyclic) bond motifs is 1. The zero-order valence-corrected chi connectivity index (χ0v) is 12.7. The fraction of sp³-hybridized carbons (Fsp3) is 0.278. The lowest BCUT2D eigenvalue weighted by molar-refractivity contribution is 0.174. The molecule has 0 radical (unpaired) electrons. The number of hydrogen-bond acceptors (Lipinski definition) is 2. The Morgan fingerprint density at radius 2 is 1.71 bits per heavy atom. The molecule has 0 amide bonds. The first-order valence-corrected chi connectivity index (χ1v) is 7.22. The molecule has 1 atom stereocenters. The maximum atomic E-state index is 10.7. The minimum atomic E-state index is -0.587. The highest BCUT2D eigenvalue weighted by Crippen LogP contribution is 2.27. The molecule has 1 unspecified atom stereocenters. The lowest BCUT2D eigenvalue weighted by Crippen LogP contribution is -2.06. The van der Waals surface area contributed by atoms with Crippen LogP contribution >= 0.6 is 0 Å². The van der Waals surface area contributed by atoms with Crippen LogP contribution in [0.25, 0.3) is 10.9 Å². The molecule has 0 bridgehead atoms. The van der Waals surface area contributed by atoms with Gasteiger partial charge in [-0.15, -0.1) is 0 Å². The van der Waals surface area contributed by atoms with Crippen LogP contribution in [0.1, 0.15) is 28.5 Å². The van der Waals surface area contributed by atoms with Gasteiger partial charge in [0.05, 0.1) is 11.2 Å². The van der Waals surface area contributed by atoms with Crippen molar-refractivity contribution < 1.29 is 5.11 Å². The number of aliphatic hydroxyl groups excluding tert-OH is 1. The number of hydrogen-bond donors (Lipinski definition) is 1. The zero-order chi connectivity index (χ0) is 15.0. The monoisotopic (exact) mass is 280 g/mol. The topological polar surface area (TPSA) is 38.1 Å². The van der Waals surface area contributed by atoms with E-state index in [2.05, 4.69) is 37.1 Å². The van der Waals surface area contributed by atoms with Gasteiger partial charge in [-0.2, -0.15) is 5.10 Å². The van der Waals surface area contributed by atoms with Gasteiger partial charge in [0.25, 0.3) is 0 Å². The molecule has 1 heterocycles. The van der Waals surface area contributed by atoms with E-state index in [1.54, 1.807) is 0 Å². The first-order chi connectivity index (χ1) is 10.1. The Morgan fingerprint density at radius 3 is 2.43 bits per heavy atom. The minimum absolute atomic E-state index is 0.587. The van der Waals surface area contributed by atoms with E-state index in [-0.39, 0.29) is 0 Å². The number of aromatic nitrogens is 2. The molecule has 108 valence electrons. The van der Waals surface area contributed by atoms with Gasteiger partial charge in [0.15, 0.2) is 0 Å². The highest BCUT2D eigenvalue weighted by atomic mass is 16.3. The number of para-hydroxylation sites is 1. The van der Waals surface area contributed by atoms with Crippen LogP contribution in [-0.4, -0.2) is 14.9 Å². The summed E-state index contributed by atoms with van der Waals surface area (Å²) in [6, 6.07) is 14.3. The summed E-state index contributed by atoms with van der Waals surface area (Å²) in [5.41, 5.74) is 5.45. The molecular weight excluding hydrogens is 260 g/mol. The normalized spacial score (nSPS) is 12.8. The molecule has 0 spiro atoms. The Labute approximate surface area is 124 Å². The van der Waals surface area contributed by atoms with Gasteiger partial charge in [0.2, 0.25) is 0 Å². The lowest BCUT2D eigenvalue weighted by atomic mass is 9.95. The fourth-order valence-electron chi connectivity index (χ4n) is 2.95. The number of aliphatic hydroxyl groups is 1. The molecule has 0 aliphatic carbocycles. The molecule has 0 fully saturated rings.